The Kier molecular flexibility index (Phi) is 7.32. The number of nitrogens with one attached hydrogen (secondary N) is 2. The molecule has 1 atom stereocenters. The van der Waals surface area contributed by atoms with E-state index in [9.17, 15) is 14.0 Å². The number of nitrogens with two attached hydrogens (primary N) is 1. The lowest BCUT2D eigenvalue weighted by molar-refractivity contribution is -0.895. The van der Waals surface area contributed by atoms with Crippen LogP contribution in [0.15, 0.2) is 54.6 Å². The Morgan fingerprint density at radius 2 is 1.76 bits per heavy atom. The number of amides is 2. The molecule has 0 spiro atoms. The zero-order valence-electron chi connectivity index (χ0n) is 16.7. The van der Waals surface area contributed by atoms with E-state index >= 15 is 0 Å². The van der Waals surface area contributed by atoms with Gasteiger partial charge in [-0.3, -0.25) is 9.59 Å². The maximum Gasteiger partial charge on any atom is 0.279 e. The Morgan fingerprint density at radius 3 is 2.41 bits per heavy atom. The summed E-state index contributed by atoms with van der Waals surface area (Å²) >= 11 is 0. The van der Waals surface area contributed by atoms with E-state index in [1.54, 1.807) is 12.1 Å². The first-order valence-electron chi connectivity index (χ1n) is 10.1. The molecule has 1 saturated heterocycles. The lowest BCUT2D eigenvalue weighted by Crippen LogP contribution is -3.15. The number of carbonyl (C=O) groups is 2. The van der Waals surface area contributed by atoms with Crippen LogP contribution in [-0.4, -0.2) is 56.0 Å². The molecule has 1 fully saturated rings. The summed E-state index contributed by atoms with van der Waals surface area (Å²) in [5, 5.41) is 4.85. The fraction of sp³-hybridized carbons (Fsp3) is 0.364. The maximum absolute atomic E-state index is 12.9. The van der Waals surface area contributed by atoms with E-state index in [2.05, 4.69) is 29.7 Å². The molecule has 0 aromatic heterocycles. The molecule has 154 valence electrons. The minimum absolute atomic E-state index is 0.101. The van der Waals surface area contributed by atoms with Gasteiger partial charge < -0.3 is 20.4 Å². The Balaban J connectivity index is 1.37. The number of carbonyl (C=O) groups excluding carboxylic acids is 2. The summed E-state index contributed by atoms with van der Waals surface area (Å²) in [5.74, 6) is -0.288. The molecule has 6 nitrogen and oxygen atoms in total. The molecule has 1 aliphatic heterocycles. The predicted octanol–water partition coefficient (Wildman–Crippen LogP) is -0.184. The summed E-state index contributed by atoms with van der Waals surface area (Å²) in [6, 6.07) is 16.1. The van der Waals surface area contributed by atoms with Crippen LogP contribution < -0.4 is 15.5 Å². The minimum atomic E-state index is -0.329. The standard InChI is InChI=1S/C22H27FN4O2/c1-17(18-5-3-2-4-6-18)24-15-22(29)27-13-11-26(12-14-27)16-21(28)25-20-9-7-19(23)8-10-20/h2-10,17,24H,11-16H2,1H3,(H,25,28)/p+2/t17-/m0/s1. The van der Waals surface area contributed by atoms with Crippen molar-refractivity contribution >= 4 is 17.5 Å². The van der Waals surface area contributed by atoms with Crippen LogP contribution in [0.1, 0.15) is 18.5 Å². The van der Waals surface area contributed by atoms with E-state index in [0.29, 0.717) is 31.9 Å². The SMILES string of the molecule is C[C@H]([NH2+]CC(=O)N1CC[NH+](CC(=O)Nc2ccc(F)cc2)CC1)c1ccccc1. The Bertz CT molecular complexity index is 805. The fourth-order valence-corrected chi connectivity index (χ4v) is 3.51. The summed E-state index contributed by atoms with van der Waals surface area (Å²) in [7, 11) is 0. The van der Waals surface area contributed by atoms with Crippen molar-refractivity contribution in [2.24, 2.45) is 0 Å². The molecule has 0 aliphatic carbocycles. The second-order valence-corrected chi connectivity index (χ2v) is 7.50. The number of anilines is 1. The number of halogens is 1. The molecule has 29 heavy (non-hydrogen) atoms. The van der Waals surface area contributed by atoms with Gasteiger partial charge in [-0.1, -0.05) is 30.3 Å². The lowest BCUT2D eigenvalue weighted by Gasteiger charge is -2.31. The third kappa shape index (κ3) is 6.37. The van der Waals surface area contributed by atoms with Gasteiger partial charge in [0, 0.05) is 11.3 Å². The number of piperazine rings is 1. The van der Waals surface area contributed by atoms with Gasteiger partial charge in [-0.25, -0.2) is 4.39 Å². The average molecular weight is 400 g/mol. The fourth-order valence-electron chi connectivity index (χ4n) is 3.51. The van der Waals surface area contributed by atoms with E-state index in [1.807, 2.05) is 23.1 Å². The van der Waals surface area contributed by atoms with Gasteiger partial charge in [0.15, 0.2) is 13.1 Å². The van der Waals surface area contributed by atoms with E-state index in [0.717, 1.165) is 18.0 Å². The quantitative estimate of drug-likeness (QED) is 0.603. The van der Waals surface area contributed by atoms with Crippen LogP contribution in [0.25, 0.3) is 0 Å². The molecule has 2 amide bonds. The highest BCUT2D eigenvalue weighted by atomic mass is 19.1. The summed E-state index contributed by atoms with van der Waals surface area (Å²) < 4.78 is 12.9. The van der Waals surface area contributed by atoms with E-state index in [-0.39, 0.29) is 23.7 Å². The zero-order valence-corrected chi connectivity index (χ0v) is 16.7. The molecule has 0 radical (unpaired) electrons. The second kappa shape index (κ2) is 10.1. The van der Waals surface area contributed by atoms with Crippen molar-refractivity contribution in [2.45, 2.75) is 13.0 Å². The minimum Gasteiger partial charge on any atom is -0.333 e. The van der Waals surface area contributed by atoms with Gasteiger partial charge in [-0.2, -0.15) is 0 Å². The van der Waals surface area contributed by atoms with Crippen molar-refractivity contribution in [2.75, 3.05) is 44.6 Å². The molecule has 0 saturated carbocycles. The van der Waals surface area contributed by atoms with Crippen molar-refractivity contribution in [3.05, 3.63) is 66.0 Å². The summed E-state index contributed by atoms with van der Waals surface area (Å²) in [4.78, 5) is 27.7. The third-order valence-electron chi connectivity index (χ3n) is 5.33. The van der Waals surface area contributed by atoms with Crippen LogP contribution in [-0.2, 0) is 9.59 Å². The number of hydrogen-bond acceptors (Lipinski definition) is 2. The Hall–Kier alpha value is -2.77. The van der Waals surface area contributed by atoms with E-state index < -0.39 is 0 Å². The van der Waals surface area contributed by atoms with Gasteiger partial charge in [0.05, 0.1) is 26.2 Å². The summed E-state index contributed by atoms with van der Waals surface area (Å²) in [6.07, 6.45) is 0. The molecular formula is C22H29FN4O2+2. The van der Waals surface area contributed by atoms with Gasteiger partial charge in [0.25, 0.3) is 11.8 Å². The van der Waals surface area contributed by atoms with Crippen molar-refractivity contribution in [3.8, 4) is 0 Å². The molecule has 0 unspecified atom stereocenters. The molecular weight excluding hydrogens is 371 g/mol. The number of quaternary nitrogens is 2. The average Bonchev–Trinajstić information content (AvgIpc) is 2.74. The van der Waals surface area contributed by atoms with Crippen LogP contribution in [0.4, 0.5) is 10.1 Å². The summed E-state index contributed by atoms with van der Waals surface area (Å²) in [6.45, 7) is 5.68. The molecule has 1 heterocycles. The van der Waals surface area contributed by atoms with Crippen LogP contribution in [0.2, 0.25) is 0 Å². The molecule has 1 aliphatic rings. The van der Waals surface area contributed by atoms with Gasteiger partial charge in [0.2, 0.25) is 0 Å². The Morgan fingerprint density at radius 1 is 1.10 bits per heavy atom. The lowest BCUT2D eigenvalue weighted by atomic mass is 10.1. The van der Waals surface area contributed by atoms with Crippen LogP contribution >= 0.6 is 0 Å². The van der Waals surface area contributed by atoms with E-state index in [4.69, 9.17) is 0 Å². The highest BCUT2D eigenvalue weighted by molar-refractivity contribution is 5.91. The van der Waals surface area contributed by atoms with Crippen molar-refractivity contribution < 1.29 is 24.2 Å². The van der Waals surface area contributed by atoms with Gasteiger partial charge in [-0.15, -0.1) is 0 Å². The Labute approximate surface area is 170 Å². The molecule has 3 rings (SSSR count). The highest BCUT2D eigenvalue weighted by Crippen LogP contribution is 2.08. The third-order valence-corrected chi connectivity index (χ3v) is 5.33. The number of benzene rings is 2. The van der Waals surface area contributed by atoms with Crippen LogP contribution in [0.5, 0.6) is 0 Å². The molecule has 2 aromatic rings. The van der Waals surface area contributed by atoms with E-state index in [1.165, 1.54) is 17.7 Å². The van der Waals surface area contributed by atoms with Gasteiger partial charge in [0.1, 0.15) is 11.9 Å². The van der Waals surface area contributed by atoms with Crippen LogP contribution in [0, 0.1) is 5.82 Å². The zero-order chi connectivity index (χ0) is 20.6. The number of rotatable bonds is 7. The van der Waals surface area contributed by atoms with Crippen molar-refractivity contribution in [1.82, 2.24) is 4.90 Å². The summed E-state index contributed by atoms with van der Waals surface area (Å²) in [5.41, 5.74) is 1.80. The van der Waals surface area contributed by atoms with Crippen LogP contribution in [0.3, 0.4) is 0 Å². The molecule has 2 aromatic carbocycles. The number of hydrogen-bond donors (Lipinski definition) is 3. The highest BCUT2D eigenvalue weighted by Gasteiger charge is 2.26. The molecule has 7 heteroatoms. The first-order valence-corrected chi connectivity index (χ1v) is 10.1. The predicted molar refractivity (Wildman–Crippen MR) is 109 cm³/mol. The number of nitrogens with zero attached hydrogens (tertiary/aromatic N) is 1. The van der Waals surface area contributed by atoms with Crippen molar-refractivity contribution in [1.29, 1.82) is 0 Å². The van der Waals surface area contributed by atoms with Gasteiger partial charge >= 0.3 is 0 Å². The molecule has 0 bridgehead atoms. The monoisotopic (exact) mass is 400 g/mol. The first kappa shape index (κ1) is 21.0. The normalized spacial score (nSPS) is 15.7. The van der Waals surface area contributed by atoms with Crippen molar-refractivity contribution in [3.63, 3.8) is 0 Å². The van der Waals surface area contributed by atoms with Gasteiger partial charge in [-0.05, 0) is 31.2 Å². The second-order valence-electron chi connectivity index (χ2n) is 7.50. The first-order chi connectivity index (χ1) is 14.0. The smallest absolute Gasteiger partial charge is 0.279 e. The molecule has 4 N–H and O–H groups in total. The largest absolute Gasteiger partial charge is 0.333 e. The topological polar surface area (TPSA) is 70.5 Å². The maximum atomic E-state index is 12.9.